The molecule has 2 heterocycles. The van der Waals surface area contributed by atoms with Crippen LogP contribution < -0.4 is 0 Å². The maximum atomic E-state index is 3.46. The monoisotopic (exact) mass is 578 g/mol. The quantitative estimate of drug-likeness (QED) is 0.222. The summed E-state index contributed by atoms with van der Waals surface area (Å²) in [5.41, 5.74) is 4.46. The van der Waals surface area contributed by atoms with Crippen LogP contribution in [0.25, 0.3) is 0 Å². The Hall–Kier alpha value is 1.10. The van der Waals surface area contributed by atoms with Crippen LogP contribution in [0.5, 0.6) is 0 Å². The van der Waals surface area contributed by atoms with Crippen molar-refractivity contribution in [3.8, 4) is 11.5 Å². The van der Waals surface area contributed by atoms with Crippen molar-refractivity contribution in [2.45, 2.75) is 19.6 Å². The summed E-state index contributed by atoms with van der Waals surface area (Å²) in [6, 6.07) is 0. The maximum absolute atomic E-state index is 3.46. The van der Waals surface area contributed by atoms with Crippen molar-refractivity contribution in [2.75, 3.05) is 0 Å². The zero-order chi connectivity index (χ0) is 14.5. The smallest absolute Gasteiger partial charge is 0.129 e. The van der Waals surface area contributed by atoms with E-state index in [-0.39, 0.29) is 17.0 Å². The van der Waals surface area contributed by atoms with Gasteiger partial charge < -0.3 is 0 Å². The highest BCUT2D eigenvalue weighted by atomic mass is 79.9. The summed E-state index contributed by atoms with van der Waals surface area (Å²) in [5, 5.41) is 8.21. The van der Waals surface area contributed by atoms with Gasteiger partial charge >= 0.3 is 0 Å². The Balaban J connectivity index is 0.000000387. The third-order valence-electron chi connectivity index (χ3n) is 1.76. The summed E-state index contributed by atoms with van der Waals surface area (Å²) in [4.78, 5) is 0. The van der Waals surface area contributed by atoms with Crippen LogP contribution in [-0.2, 0) is 0 Å². The van der Waals surface area contributed by atoms with Gasteiger partial charge in [-0.3, -0.25) is 0 Å². The lowest BCUT2D eigenvalue weighted by atomic mass is 10.4. The van der Waals surface area contributed by atoms with Crippen molar-refractivity contribution >= 4 is 95.5 Å². The van der Waals surface area contributed by atoms with E-state index in [1.54, 1.807) is 22.7 Å². The molecule has 0 aliphatic carbocycles. The summed E-state index contributed by atoms with van der Waals surface area (Å²) < 4.78 is 3.40. The molecule has 0 spiro atoms. The lowest BCUT2D eigenvalue weighted by Gasteiger charge is -2.02. The molecule has 0 N–H and O–H groups in total. The number of thiophene rings is 2. The van der Waals surface area contributed by atoms with Crippen LogP contribution in [0.15, 0.2) is 34.9 Å². The van der Waals surface area contributed by atoms with Crippen molar-refractivity contribution in [1.29, 1.82) is 0 Å². The normalized spacial score (nSPS) is 9.70. The number of rotatable bonds is 0. The van der Waals surface area contributed by atoms with E-state index >= 15 is 0 Å². The van der Waals surface area contributed by atoms with Crippen molar-refractivity contribution < 1.29 is 0 Å². The molecule has 0 atom stereocenters. The van der Waals surface area contributed by atoms with Gasteiger partial charge in [0.25, 0.3) is 0 Å². The average Bonchev–Trinajstić information content (AvgIpc) is 2.86. The first-order chi connectivity index (χ1) is 8.79. The Morgan fingerprint density at radius 1 is 0.850 bits per heavy atom. The molecule has 110 valence electrons. The van der Waals surface area contributed by atoms with E-state index in [0.717, 1.165) is 19.0 Å². The summed E-state index contributed by atoms with van der Waals surface area (Å²) in [6.45, 7) is 6.75. The third-order valence-corrected chi connectivity index (χ3v) is 7.53. The zero-order valence-corrected chi connectivity index (χ0v) is 20.3. The lowest BCUT2D eigenvalue weighted by Crippen LogP contribution is -2.16. The highest BCUT2D eigenvalue weighted by molar-refractivity contribution is 9.13. The summed E-state index contributed by atoms with van der Waals surface area (Å²) in [6.07, 6.45) is 0. The van der Waals surface area contributed by atoms with Crippen LogP contribution in [0, 0.1) is 11.5 Å². The molecule has 7 heteroatoms. The van der Waals surface area contributed by atoms with E-state index in [9.17, 15) is 0 Å². The first-order valence-corrected chi connectivity index (χ1v) is 13.2. The van der Waals surface area contributed by atoms with Gasteiger partial charge in [0.1, 0.15) is 8.07 Å². The van der Waals surface area contributed by atoms with E-state index in [1.807, 2.05) is 10.8 Å². The van der Waals surface area contributed by atoms with Gasteiger partial charge in [0.05, 0.1) is 0 Å². The molecule has 0 bridgehead atoms. The molecule has 2 aromatic heterocycles. The molecular formula is C13H14Br4S2Si. The number of hydrogen-bond donors (Lipinski definition) is 0. The van der Waals surface area contributed by atoms with Crippen LogP contribution in [-0.4, -0.2) is 8.07 Å². The minimum atomic E-state index is -1.21. The van der Waals surface area contributed by atoms with E-state index in [4.69, 9.17) is 0 Å². The van der Waals surface area contributed by atoms with Gasteiger partial charge in [-0.1, -0.05) is 25.6 Å². The van der Waals surface area contributed by atoms with Crippen LogP contribution in [0.4, 0.5) is 0 Å². The maximum Gasteiger partial charge on any atom is 0.129 e. The van der Waals surface area contributed by atoms with E-state index in [2.05, 4.69) is 89.7 Å². The Morgan fingerprint density at radius 2 is 1.30 bits per heavy atom. The second-order valence-electron chi connectivity index (χ2n) is 4.70. The lowest BCUT2D eigenvalue weighted by molar-refractivity contribution is 1.76. The second kappa shape index (κ2) is 9.98. The fraction of sp³-hybridized carbons (Fsp3) is 0.231. The molecule has 2 aromatic rings. The zero-order valence-electron chi connectivity index (χ0n) is 11.2. The van der Waals surface area contributed by atoms with Crippen molar-refractivity contribution in [1.82, 2.24) is 0 Å². The Morgan fingerprint density at radius 3 is 1.60 bits per heavy atom. The molecular weight excluding hydrogens is 568 g/mol. The minimum absolute atomic E-state index is 0. The molecule has 2 rings (SSSR count). The predicted molar refractivity (Wildman–Crippen MR) is 112 cm³/mol. The molecule has 0 saturated heterocycles. The predicted octanol–water partition coefficient (Wildman–Crippen LogP) is 7.59. The minimum Gasteiger partial charge on any atom is -0.150 e. The largest absolute Gasteiger partial charge is 0.150 e. The number of hydrogen-bond acceptors (Lipinski definition) is 2. The summed E-state index contributed by atoms with van der Waals surface area (Å²) in [7, 11) is -1.21. The molecule has 0 saturated carbocycles. The summed E-state index contributed by atoms with van der Waals surface area (Å²) >= 11 is 13.5. The van der Waals surface area contributed by atoms with Gasteiger partial charge in [0, 0.05) is 40.5 Å². The van der Waals surface area contributed by atoms with Gasteiger partial charge in [-0.05, 0) is 47.8 Å². The molecule has 20 heavy (non-hydrogen) atoms. The van der Waals surface area contributed by atoms with Crippen LogP contribution >= 0.6 is 87.4 Å². The van der Waals surface area contributed by atoms with Gasteiger partial charge in [0.15, 0.2) is 0 Å². The highest BCUT2D eigenvalue weighted by Crippen LogP contribution is 2.25. The van der Waals surface area contributed by atoms with Crippen molar-refractivity contribution in [2.24, 2.45) is 0 Å². The first-order valence-electron chi connectivity index (χ1n) is 5.41. The van der Waals surface area contributed by atoms with Gasteiger partial charge in [-0.15, -0.1) is 33.9 Å². The van der Waals surface area contributed by atoms with Gasteiger partial charge in [-0.2, -0.15) is 11.3 Å². The molecule has 0 fully saturated rings. The Labute approximate surface area is 165 Å². The summed E-state index contributed by atoms with van der Waals surface area (Å²) in [5.74, 6) is 3.21. The average molecular weight is 582 g/mol. The van der Waals surface area contributed by atoms with Crippen molar-refractivity contribution in [3.05, 3.63) is 40.5 Å². The standard InChI is InChI=1S/C9H11BrSSi.C4H2Br2S.BrH/c1-12(2,3)5-4-8-6-11-7-9(8)10;5-3-1-7-2-4(3)6;/h6-7H,1-3H3;1-2H;1H. The molecule has 0 aliphatic heterocycles. The second-order valence-corrected chi connectivity index (χ2v) is 13.5. The van der Waals surface area contributed by atoms with Crippen LogP contribution in [0.2, 0.25) is 19.6 Å². The van der Waals surface area contributed by atoms with Crippen LogP contribution in [0.3, 0.4) is 0 Å². The molecule has 0 nitrogen and oxygen atoms in total. The number of halogens is 4. The molecule has 0 aromatic carbocycles. The highest BCUT2D eigenvalue weighted by Gasteiger charge is 2.07. The fourth-order valence-corrected chi connectivity index (χ4v) is 4.47. The molecule has 0 amide bonds. The van der Waals surface area contributed by atoms with E-state index in [0.29, 0.717) is 0 Å². The van der Waals surface area contributed by atoms with E-state index < -0.39 is 8.07 Å². The first kappa shape index (κ1) is 21.1. The molecule has 0 radical (unpaired) electrons. The third kappa shape index (κ3) is 8.52. The van der Waals surface area contributed by atoms with Crippen LogP contribution in [0.1, 0.15) is 5.56 Å². The topological polar surface area (TPSA) is 0 Å². The molecule has 0 aliphatic rings. The SMILES string of the molecule is Br.Brc1cscc1Br.C[Si](C)(C)C#Cc1cscc1Br. The Bertz CT molecular complexity index is 571. The van der Waals surface area contributed by atoms with E-state index in [1.165, 1.54) is 0 Å². The van der Waals surface area contributed by atoms with Gasteiger partial charge in [0.2, 0.25) is 0 Å². The fourth-order valence-electron chi connectivity index (χ4n) is 0.892. The van der Waals surface area contributed by atoms with Gasteiger partial charge in [-0.25, -0.2) is 0 Å². The Kier molecular flexibility index (Phi) is 10.5. The van der Waals surface area contributed by atoms with Crippen molar-refractivity contribution in [3.63, 3.8) is 0 Å². The molecule has 0 unspecified atom stereocenters.